The van der Waals surface area contributed by atoms with Crippen molar-refractivity contribution in [2.75, 3.05) is 0 Å². The van der Waals surface area contributed by atoms with Gasteiger partial charge in [0.25, 0.3) is 0 Å². The number of nitrogens with zero attached hydrogens (tertiary/aromatic N) is 1. The van der Waals surface area contributed by atoms with Gasteiger partial charge in [-0.1, -0.05) is 11.6 Å². The maximum absolute atomic E-state index is 5.64. The molecule has 0 unspecified atom stereocenters. The molecule has 2 heteroatoms. The summed E-state index contributed by atoms with van der Waals surface area (Å²) in [6, 6.07) is 1.93. The average Bonchev–Trinajstić information content (AvgIpc) is 1.85. The van der Waals surface area contributed by atoms with E-state index in [1.165, 1.54) is 5.69 Å². The molecule has 0 aromatic carbocycles. The Bertz CT molecular complexity index is 171. The maximum Gasteiger partial charge on any atom is 0.0585 e. The quantitative estimate of drug-likeness (QED) is 0.505. The third kappa shape index (κ3) is 0.869. The van der Waals surface area contributed by atoms with E-state index in [4.69, 9.17) is 11.6 Å². The van der Waals surface area contributed by atoms with Crippen LogP contribution in [0.25, 0.3) is 0 Å². The van der Waals surface area contributed by atoms with Crippen molar-refractivity contribution in [3.8, 4) is 0 Å². The van der Waals surface area contributed by atoms with Gasteiger partial charge >= 0.3 is 0 Å². The lowest BCUT2D eigenvalue weighted by molar-refractivity contribution is 0.882. The summed E-state index contributed by atoms with van der Waals surface area (Å²) in [7, 11) is 1.97. The zero-order chi connectivity index (χ0) is 6.15. The van der Waals surface area contributed by atoms with Crippen molar-refractivity contribution in [1.29, 1.82) is 0 Å². The first-order valence-corrected chi connectivity index (χ1v) is 2.86. The first-order valence-electron chi connectivity index (χ1n) is 2.48. The van der Waals surface area contributed by atoms with Crippen LogP contribution >= 0.6 is 11.6 Å². The molecule has 1 nitrogen and oxygen atoms in total. The van der Waals surface area contributed by atoms with Crippen LogP contribution in [0.3, 0.4) is 0 Å². The summed E-state index contributed by atoms with van der Waals surface area (Å²) in [6.07, 6.45) is 1.89. The number of hydrogen-bond acceptors (Lipinski definition) is 0. The van der Waals surface area contributed by atoms with E-state index >= 15 is 0 Å². The van der Waals surface area contributed by atoms with Crippen molar-refractivity contribution in [2.24, 2.45) is 7.05 Å². The number of aryl methyl sites for hydroxylation is 2. The standard InChI is InChI=1S/C6H8ClN/c1-5-3-6(7)4-8(5)2/h3-4H,1-2H3. The van der Waals surface area contributed by atoms with E-state index in [2.05, 4.69) is 0 Å². The Hall–Kier alpha value is -0.430. The number of rotatable bonds is 0. The second-order valence-electron chi connectivity index (χ2n) is 1.91. The Morgan fingerprint density at radius 1 is 1.62 bits per heavy atom. The van der Waals surface area contributed by atoms with Crippen molar-refractivity contribution in [3.63, 3.8) is 0 Å². The predicted octanol–water partition coefficient (Wildman–Crippen LogP) is 1.99. The molecule has 0 bridgehead atoms. The largest absolute Gasteiger partial charge is 0.353 e. The van der Waals surface area contributed by atoms with Crippen LogP contribution in [0.2, 0.25) is 5.02 Å². The van der Waals surface area contributed by atoms with Gasteiger partial charge in [0.15, 0.2) is 0 Å². The van der Waals surface area contributed by atoms with Gasteiger partial charge in [-0.15, -0.1) is 0 Å². The zero-order valence-corrected chi connectivity index (χ0v) is 5.74. The lowest BCUT2D eigenvalue weighted by Gasteiger charge is -1.89. The van der Waals surface area contributed by atoms with E-state index in [1.807, 2.05) is 30.8 Å². The Kier molecular flexibility index (Phi) is 1.30. The van der Waals surface area contributed by atoms with Gasteiger partial charge in [0.2, 0.25) is 0 Å². The van der Waals surface area contributed by atoms with Crippen LogP contribution in [0.1, 0.15) is 5.69 Å². The topological polar surface area (TPSA) is 4.93 Å². The van der Waals surface area contributed by atoms with Crippen LogP contribution in [0.15, 0.2) is 12.3 Å². The Morgan fingerprint density at radius 3 is 2.38 bits per heavy atom. The van der Waals surface area contributed by atoms with Gasteiger partial charge in [-0.05, 0) is 13.0 Å². The van der Waals surface area contributed by atoms with E-state index in [-0.39, 0.29) is 0 Å². The highest BCUT2D eigenvalue weighted by Crippen LogP contribution is 2.10. The minimum atomic E-state index is 0.810. The highest BCUT2D eigenvalue weighted by molar-refractivity contribution is 6.30. The first kappa shape index (κ1) is 5.70. The fourth-order valence-corrected chi connectivity index (χ4v) is 0.930. The van der Waals surface area contributed by atoms with E-state index in [0.29, 0.717) is 0 Å². The molecule has 1 heterocycles. The van der Waals surface area contributed by atoms with Crippen LogP contribution in [-0.4, -0.2) is 4.57 Å². The van der Waals surface area contributed by atoms with Crippen LogP contribution in [0.4, 0.5) is 0 Å². The summed E-state index contributed by atoms with van der Waals surface area (Å²) in [5.41, 5.74) is 1.19. The molecule has 1 aromatic rings. The first-order chi connectivity index (χ1) is 3.70. The second kappa shape index (κ2) is 1.82. The smallest absolute Gasteiger partial charge is 0.0585 e. The lowest BCUT2D eigenvalue weighted by atomic mass is 10.5. The summed E-state index contributed by atoms with van der Waals surface area (Å²) in [6.45, 7) is 2.02. The Morgan fingerprint density at radius 2 is 2.25 bits per heavy atom. The molecule has 0 radical (unpaired) electrons. The number of hydrogen-bond donors (Lipinski definition) is 0. The number of halogens is 1. The molecule has 8 heavy (non-hydrogen) atoms. The Labute approximate surface area is 53.9 Å². The molecule has 0 amide bonds. The van der Waals surface area contributed by atoms with Gasteiger partial charge in [0.05, 0.1) is 5.02 Å². The molecular formula is C6H8ClN. The predicted molar refractivity (Wildman–Crippen MR) is 35.2 cm³/mol. The SMILES string of the molecule is Cc1cc(Cl)cn1C. The van der Waals surface area contributed by atoms with Crippen molar-refractivity contribution < 1.29 is 0 Å². The van der Waals surface area contributed by atoms with Crippen molar-refractivity contribution in [1.82, 2.24) is 4.57 Å². The van der Waals surface area contributed by atoms with E-state index < -0.39 is 0 Å². The third-order valence-corrected chi connectivity index (χ3v) is 1.43. The maximum atomic E-state index is 5.64. The molecule has 0 spiro atoms. The molecule has 1 aromatic heterocycles. The molecule has 0 N–H and O–H groups in total. The molecule has 0 aliphatic rings. The van der Waals surface area contributed by atoms with Crippen molar-refractivity contribution in [2.45, 2.75) is 6.92 Å². The van der Waals surface area contributed by atoms with Crippen LogP contribution < -0.4 is 0 Å². The normalized spacial score (nSPS) is 9.88. The number of aromatic nitrogens is 1. The van der Waals surface area contributed by atoms with Crippen LogP contribution in [-0.2, 0) is 7.05 Å². The van der Waals surface area contributed by atoms with Crippen LogP contribution in [0.5, 0.6) is 0 Å². The monoisotopic (exact) mass is 129 g/mol. The van der Waals surface area contributed by atoms with Gasteiger partial charge in [0, 0.05) is 18.9 Å². The molecule has 0 atom stereocenters. The van der Waals surface area contributed by atoms with Gasteiger partial charge in [-0.2, -0.15) is 0 Å². The van der Waals surface area contributed by atoms with Crippen molar-refractivity contribution in [3.05, 3.63) is 23.0 Å². The zero-order valence-electron chi connectivity index (χ0n) is 4.98. The summed E-state index contributed by atoms with van der Waals surface area (Å²) in [5.74, 6) is 0. The lowest BCUT2D eigenvalue weighted by Crippen LogP contribution is -1.84. The van der Waals surface area contributed by atoms with E-state index in [9.17, 15) is 0 Å². The molecule has 0 saturated heterocycles. The fourth-order valence-electron chi connectivity index (χ4n) is 0.625. The minimum absolute atomic E-state index is 0.810. The third-order valence-electron chi connectivity index (χ3n) is 1.22. The summed E-state index contributed by atoms with van der Waals surface area (Å²) >= 11 is 5.64. The van der Waals surface area contributed by atoms with Gasteiger partial charge < -0.3 is 4.57 Å². The summed E-state index contributed by atoms with van der Waals surface area (Å²) in [4.78, 5) is 0. The molecule has 0 saturated carbocycles. The summed E-state index contributed by atoms with van der Waals surface area (Å²) < 4.78 is 1.99. The average molecular weight is 130 g/mol. The molecule has 0 aliphatic heterocycles. The summed E-state index contributed by atoms with van der Waals surface area (Å²) in [5, 5.41) is 0.810. The Balaban J connectivity index is 3.14. The molecule has 0 aliphatic carbocycles. The van der Waals surface area contributed by atoms with E-state index in [0.717, 1.165) is 5.02 Å². The molecule has 0 fully saturated rings. The fraction of sp³-hybridized carbons (Fsp3) is 0.333. The highest BCUT2D eigenvalue weighted by atomic mass is 35.5. The van der Waals surface area contributed by atoms with Crippen molar-refractivity contribution >= 4 is 11.6 Å². The molecular weight excluding hydrogens is 122 g/mol. The van der Waals surface area contributed by atoms with Crippen LogP contribution in [0, 0.1) is 6.92 Å². The minimum Gasteiger partial charge on any atom is -0.353 e. The highest BCUT2D eigenvalue weighted by Gasteiger charge is 1.91. The molecule has 1 rings (SSSR count). The second-order valence-corrected chi connectivity index (χ2v) is 2.35. The van der Waals surface area contributed by atoms with Gasteiger partial charge in [-0.25, -0.2) is 0 Å². The van der Waals surface area contributed by atoms with E-state index in [1.54, 1.807) is 0 Å². The van der Waals surface area contributed by atoms with Gasteiger partial charge in [0.1, 0.15) is 0 Å². The van der Waals surface area contributed by atoms with Gasteiger partial charge in [-0.3, -0.25) is 0 Å². The molecule has 44 valence electrons.